The largest absolute Gasteiger partial charge is 0.365 e. The van der Waals surface area contributed by atoms with E-state index >= 15 is 0 Å². The highest BCUT2D eigenvalue weighted by atomic mass is 127. The summed E-state index contributed by atoms with van der Waals surface area (Å²) in [6.45, 7) is 1.83. The highest BCUT2D eigenvalue weighted by molar-refractivity contribution is 14.0. The van der Waals surface area contributed by atoms with Gasteiger partial charge < -0.3 is 20.9 Å². The smallest absolute Gasteiger partial charge is 0.252 e. The Labute approximate surface area is 202 Å². The number of carbonyl (C=O) groups excluding carboxylic acids is 1. The van der Waals surface area contributed by atoms with Crippen LogP contribution in [0, 0.1) is 11.6 Å². The van der Waals surface area contributed by atoms with Crippen LogP contribution >= 0.6 is 35.6 Å². The molecule has 6 nitrogen and oxygen atoms in total. The molecule has 1 unspecified atom stereocenters. The van der Waals surface area contributed by atoms with Crippen molar-refractivity contribution in [3.63, 3.8) is 0 Å². The van der Waals surface area contributed by atoms with Crippen molar-refractivity contribution in [3.8, 4) is 0 Å². The molecule has 31 heavy (non-hydrogen) atoms. The summed E-state index contributed by atoms with van der Waals surface area (Å²) in [6.07, 6.45) is 0.720. The second-order valence-corrected chi connectivity index (χ2v) is 7.29. The highest BCUT2D eigenvalue weighted by Crippen LogP contribution is 2.26. The van der Waals surface area contributed by atoms with Gasteiger partial charge in [-0.15, -0.1) is 24.0 Å². The lowest BCUT2D eigenvalue weighted by Gasteiger charge is -2.21. The summed E-state index contributed by atoms with van der Waals surface area (Å²) in [5, 5.41) is 9.57. The Kier molecular flexibility index (Phi) is 9.76. The molecule has 0 spiro atoms. The molecule has 1 saturated heterocycles. The van der Waals surface area contributed by atoms with Crippen LogP contribution in [0.1, 0.15) is 16.8 Å². The molecule has 1 atom stereocenters. The van der Waals surface area contributed by atoms with Gasteiger partial charge in [-0.05, 0) is 30.7 Å². The number of rotatable bonds is 6. The number of nitrogens with one attached hydrogen (secondary N) is 3. The van der Waals surface area contributed by atoms with E-state index in [1.165, 1.54) is 18.2 Å². The fourth-order valence-electron chi connectivity index (χ4n) is 3.36. The van der Waals surface area contributed by atoms with Crippen LogP contribution in [-0.2, 0) is 0 Å². The molecule has 2 aromatic rings. The zero-order chi connectivity index (χ0) is 21.5. The van der Waals surface area contributed by atoms with Gasteiger partial charge in [-0.25, -0.2) is 8.78 Å². The van der Waals surface area contributed by atoms with Crippen molar-refractivity contribution in [2.24, 2.45) is 4.99 Å². The zero-order valence-corrected chi connectivity index (χ0v) is 20.1. The van der Waals surface area contributed by atoms with Crippen LogP contribution in [0.5, 0.6) is 0 Å². The number of anilines is 1. The van der Waals surface area contributed by atoms with Crippen molar-refractivity contribution in [2.45, 2.75) is 12.5 Å². The fourth-order valence-corrected chi connectivity index (χ4v) is 3.58. The third kappa shape index (κ3) is 6.67. The molecule has 1 aliphatic heterocycles. The molecule has 168 valence electrons. The standard InChI is InChI=1S/C21H24ClF2N5O.HI/c1-25-21(27-11-10-26-20(30)15-5-2-3-6-16(15)22)28-14-9-12-29(13-14)19-17(23)7-4-8-18(19)24;/h2-8,14H,9-13H2,1H3,(H,26,30)(H2,25,27,28);1H. The van der Waals surface area contributed by atoms with Crippen LogP contribution in [0.4, 0.5) is 14.5 Å². The van der Waals surface area contributed by atoms with Gasteiger partial charge in [0.15, 0.2) is 5.96 Å². The third-order valence-corrected chi connectivity index (χ3v) is 5.16. The summed E-state index contributed by atoms with van der Waals surface area (Å²) in [5.41, 5.74) is 0.431. The molecule has 0 saturated carbocycles. The molecule has 2 aromatic carbocycles. The molecule has 1 aliphatic rings. The molecule has 0 bridgehead atoms. The van der Waals surface area contributed by atoms with Gasteiger partial charge in [-0.2, -0.15) is 0 Å². The summed E-state index contributed by atoms with van der Waals surface area (Å²) >= 11 is 6.02. The van der Waals surface area contributed by atoms with Crippen molar-refractivity contribution in [1.82, 2.24) is 16.0 Å². The Morgan fingerprint density at radius 1 is 1.13 bits per heavy atom. The van der Waals surface area contributed by atoms with Gasteiger partial charge in [-0.3, -0.25) is 9.79 Å². The average molecular weight is 564 g/mol. The number of amides is 1. The van der Waals surface area contributed by atoms with Crippen molar-refractivity contribution in [1.29, 1.82) is 0 Å². The van der Waals surface area contributed by atoms with Crippen LogP contribution in [0.2, 0.25) is 5.02 Å². The van der Waals surface area contributed by atoms with Gasteiger partial charge in [0.05, 0.1) is 10.6 Å². The minimum absolute atomic E-state index is 0. The topological polar surface area (TPSA) is 68.8 Å². The summed E-state index contributed by atoms with van der Waals surface area (Å²) in [4.78, 5) is 18.0. The molecule has 3 rings (SSSR count). The second kappa shape index (κ2) is 12.0. The highest BCUT2D eigenvalue weighted by Gasteiger charge is 2.27. The monoisotopic (exact) mass is 563 g/mol. The third-order valence-electron chi connectivity index (χ3n) is 4.83. The van der Waals surface area contributed by atoms with E-state index in [1.807, 2.05) is 0 Å². The van der Waals surface area contributed by atoms with E-state index in [2.05, 4.69) is 20.9 Å². The van der Waals surface area contributed by atoms with Gasteiger partial charge >= 0.3 is 0 Å². The van der Waals surface area contributed by atoms with E-state index in [0.717, 1.165) is 6.42 Å². The van der Waals surface area contributed by atoms with E-state index in [9.17, 15) is 13.6 Å². The Morgan fingerprint density at radius 3 is 2.48 bits per heavy atom. The van der Waals surface area contributed by atoms with Gasteiger partial charge in [0.2, 0.25) is 0 Å². The predicted molar refractivity (Wildman–Crippen MR) is 131 cm³/mol. The normalized spacial score (nSPS) is 15.9. The van der Waals surface area contributed by atoms with Crippen LogP contribution < -0.4 is 20.9 Å². The minimum atomic E-state index is -0.563. The average Bonchev–Trinajstić information content (AvgIpc) is 3.18. The van der Waals surface area contributed by atoms with Crippen LogP contribution in [0.3, 0.4) is 0 Å². The van der Waals surface area contributed by atoms with Gasteiger partial charge in [-0.1, -0.05) is 29.8 Å². The molecule has 1 fully saturated rings. The van der Waals surface area contributed by atoms with Gasteiger partial charge in [0.1, 0.15) is 17.3 Å². The molecule has 1 heterocycles. The maximum Gasteiger partial charge on any atom is 0.252 e. The van der Waals surface area contributed by atoms with E-state index < -0.39 is 11.6 Å². The Balaban J connectivity index is 0.00000341. The molecule has 0 radical (unpaired) electrons. The molecule has 3 N–H and O–H groups in total. The first kappa shape index (κ1) is 25.1. The lowest BCUT2D eigenvalue weighted by molar-refractivity contribution is 0.0954. The van der Waals surface area contributed by atoms with E-state index in [-0.39, 0.29) is 41.6 Å². The molecular weight excluding hydrogens is 539 g/mol. The Hall–Kier alpha value is -2.14. The molecule has 10 heteroatoms. The number of para-hydroxylation sites is 1. The predicted octanol–water partition coefficient (Wildman–Crippen LogP) is 3.41. The van der Waals surface area contributed by atoms with Crippen LogP contribution in [0.25, 0.3) is 0 Å². The van der Waals surface area contributed by atoms with E-state index in [0.29, 0.717) is 42.7 Å². The minimum Gasteiger partial charge on any atom is -0.365 e. The number of hydrogen-bond acceptors (Lipinski definition) is 3. The Bertz CT molecular complexity index is 910. The number of benzene rings is 2. The van der Waals surface area contributed by atoms with Gasteiger partial charge in [0, 0.05) is 39.3 Å². The summed E-state index contributed by atoms with van der Waals surface area (Å²) < 4.78 is 28.0. The number of aliphatic imine (C=N–C) groups is 1. The van der Waals surface area contributed by atoms with E-state index in [1.54, 1.807) is 36.2 Å². The zero-order valence-electron chi connectivity index (χ0n) is 17.0. The maximum absolute atomic E-state index is 14.0. The maximum atomic E-state index is 14.0. The lowest BCUT2D eigenvalue weighted by atomic mass is 10.2. The number of guanidine groups is 1. The number of hydrogen-bond donors (Lipinski definition) is 3. The van der Waals surface area contributed by atoms with Crippen molar-refractivity contribution in [3.05, 3.63) is 64.7 Å². The first-order chi connectivity index (χ1) is 14.5. The van der Waals surface area contributed by atoms with E-state index in [4.69, 9.17) is 11.6 Å². The SMILES string of the molecule is CN=C(NCCNC(=O)c1ccccc1Cl)NC1CCN(c2c(F)cccc2F)C1.I. The number of nitrogens with zero attached hydrogens (tertiary/aromatic N) is 2. The van der Waals surface area contributed by atoms with Crippen molar-refractivity contribution in [2.75, 3.05) is 38.1 Å². The number of carbonyl (C=O) groups is 1. The van der Waals surface area contributed by atoms with Crippen molar-refractivity contribution < 1.29 is 13.6 Å². The molecule has 1 amide bonds. The number of halogens is 4. The van der Waals surface area contributed by atoms with Crippen LogP contribution in [0.15, 0.2) is 47.5 Å². The second-order valence-electron chi connectivity index (χ2n) is 6.88. The summed E-state index contributed by atoms with van der Waals surface area (Å²) in [5.74, 6) is -0.814. The quantitative estimate of drug-likeness (QED) is 0.218. The first-order valence-electron chi connectivity index (χ1n) is 9.68. The molecule has 0 aliphatic carbocycles. The first-order valence-corrected chi connectivity index (χ1v) is 10.1. The lowest BCUT2D eigenvalue weighted by Crippen LogP contribution is -2.46. The molecular formula is C21H25ClF2IN5O. The van der Waals surface area contributed by atoms with Crippen LogP contribution in [-0.4, -0.2) is 51.1 Å². The fraction of sp³-hybridized carbons (Fsp3) is 0.333. The van der Waals surface area contributed by atoms with Crippen molar-refractivity contribution >= 4 is 53.1 Å². The van der Waals surface area contributed by atoms with Gasteiger partial charge in [0.25, 0.3) is 5.91 Å². The summed E-state index contributed by atoms with van der Waals surface area (Å²) in [7, 11) is 1.64. The molecule has 0 aromatic heterocycles. The summed E-state index contributed by atoms with van der Waals surface area (Å²) in [6, 6.07) is 10.7. The Morgan fingerprint density at radius 2 is 1.81 bits per heavy atom.